The van der Waals surface area contributed by atoms with Crippen molar-refractivity contribution in [2.75, 3.05) is 24.6 Å². The van der Waals surface area contributed by atoms with Crippen molar-refractivity contribution in [3.63, 3.8) is 0 Å². The summed E-state index contributed by atoms with van der Waals surface area (Å²) in [4.78, 5) is 14.9. The summed E-state index contributed by atoms with van der Waals surface area (Å²) in [6, 6.07) is 5.91. The highest BCUT2D eigenvalue weighted by molar-refractivity contribution is 8.00. The average Bonchev–Trinajstić information content (AvgIpc) is 2.34. The molecule has 19 heavy (non-hydrogen) atoms. The number of likely N-dealkylation sites (N-methyl/N-ethyl adjacent to an activating group) is 1. The molecule has 3 nitrogen and oxygen atoms in total. The van der Waals surface area contributed by atoms with E-state index in [0.717, 1.165) is 21.7 Å². The Labute approximate surface area is 119 Å². The minimum atomic E-state index is 0.121. The van der Waals surface area contributed by atoms with Crippen molar-refractivity contribution in [1.82, 2.24) is 4.90 Å². The van der Waals surface area contributed by atoms with Crippen LogP contribution in [0.15, 0.2) is 35.2 Å². The smallest absolute Gasteiger partial charge is 0.233 e. The molecule has 0 bridgehead atoms. The number of amides is 1. The third kappa shape index (κ3) is 4.99. The van der Waals surface area contributed by atoms with Gasteiger partial charge in [0.15, 0.2) is 0 Å². The maximum Gasteiger partial charge on any atom is 0.233 e. The number of hydrogen-bond donors (Lipinski definition) is 1. The minimum Gasteiger partial charge on any atom is -0.398 e. The molecule has 0 spiro atoms. The van der Waals surface area contributed by atoms with E-state index >= 15 is 0 Å². The van der Waals surface area contributed by atoms with Crippen molar-refractivity contribution in [1.29, 1.82) is 0 Å². The lowest BCUT2D eigenvalue weighted by Gasteiger charge is -2.20. The van der Waals surface area contributed by atoms with Crippen LogP contribution in [0.1, 0.15) is 19.4 Å². The summed E-state index contributed by atoms with van der Waals surface area (Å²) in [5.74, 6) is 0.532. The number of thioether (sulfide) groups is 1. The fraction of sp³-hybridized carbons (Fsp3) is 0.400. The van der Waals surface area contributed by atoms with Crippen molar-refractivity contribution in [2.24, 2.45) is 0 Å². The van der Waals surface area contributed by atoms with Crippen LogP contribution >= 0.6 is 11.8 Å². The normalized spacial score (nSPS) is 10.3. The molecule has 0 aromatic heterocycles. The first-order valence-corrected chi connectivity index (χ1v) is 7.33. The molecule has 0 aliphatic heterocycles. The highest BCUT2D eigenvalue weighted by atomic mass is 32.2. The van der Waals surface area contributed by atoms with Crippen molar-refractivity contribution in [3.8, 4) is 0 Å². The van der Waals surface area contributed by atoms with E-state index in [1.165, 1.54) is 11.8 Å². The first-order chi connectivity index (χ1) is 8.93. The summed E-state index contributed by atoms with van der Waals surface area (Å²) in [7, 11) is 0. The van der Waals surface area contributed by atoms with Crippen molar-refractivity contribution >= 4 is 23.4 Å². The maximum absolute atomic E-state index is 12.1. The van der Waals surface area contributed by atoms with E-state index in [1.807, 2.05) is 39.0 Å². The van der Waals surface area contributed by atoms with Gasteiger partial charge in [-0.2, -0.15) is 0 Å². The zero-order valence-electron chi connectivity index (χ0n) is 11.9. The molecule has 1 amide bonds. The van der Waals surface area contributed by atoms with Crippen molar-refractivity contribution in [3.05, 3.63) is 35.9 Å². The number of aryl methyl sites for hydroxylation is 1. The molecule has 104 valence electrons. The van der Waals surface area contributed by atoms with Gasteiger partial charge in [0.25, 0.3) is 0 Å². The fourth-order valence-corrected chi connectivity index (χ4v) is 2.58. The molecule has 1 aromatic rings. The largest absolute Gasteiger partial charge is 0.398 e. The van der Waals surface area contributed by atoms with Gasteiger partial charge >= 0.3 is 0 Å². The van der Waals surface area contributed by atoms with Crippen LogP contribution in [-0.2, 0) is 4.79 Å². The molecule has 1 aromatic carbocycles. The van der Waals surface area contributed by atoms with Gasteiger partial charge in [0.2, 0.25) is 5.91 Å². The Kier molecular flexibility index (Phi) is 5.96. The second-order valence-corrected chi connectivity index (χ2v) is 5.71. The molecule has 0 aliphatic rings. The third-order valence-corrected chi connectivity index (χ3v) is 3.79. The molecule has 1 rings (SSSR count). The quantitative estimate of drug-likeness (QED) is 0.494. The summed E-state index contributed by atoms with van der Waals surface area (Å²) in [5.41, 5.74) is 8.80. The zero-order chi connectivity index (χ0) is 14.4. The Hall–Kier alpha value is -1.42. The Morgan fingerprint density at radius 3 is 2.68 bits per heavy atom. The number of rotatable bonds is 6. The van der Waals surface area contributed by atoms with Crippen LogP contribution in [0.3, 0.4) is 0 Å². The highest BCUT2D eigenvalue weighted by Gasteiger charge is 2.12. The molecular weight excluding hydrogens is 256 g/mol. The molecule has 4 heteroatoms. The summed E-state index contributed by atoms with van der Waals surface area (Å²) in [5, 5.41) is 0. The third-order valence-electron chi connectivity index (χ3n) is 2.71. The van der Waals surface area contributed by atoms with Crippen molar-refractivity contribution in [2.45, 2.75) is 25.7 Å². The molecule has 2 N–H and O–H groups in total. The van der Waals surface area contributed by atoms with Gasteiger partial charge in [0.05, 0.1) is 5.75 Å². The lowest BCUT2D eigenvalue weighted by molar-refractivity contribution is -0.127. The Morgan fingerprint density at radius 1 is 1.47 bits per heavy atom. The molecule has 0 unspecified atom stereocenters. The van der Waals surface area contributed by atoms with Crippen LogP contribution in [0.2, 0.25) is 0 Å². The Bertz CT molecular complexity index is 471. The summed E-state index contributed by atoms with van der Waals surface area (Å²) in [6.45, 7) is 11.1. The predicted molar refractivity (Wildman–Crippen MR) is 83.4 cm³/mol. The number of nitrogens with zero attached hydrogens (tertiary/aromatic N) is 1. The van der Waals surface area contributed by atoms with E-state index in [4.69, 9.17) is 5.73 Å². The van der Waals surface area contributed by atoms with Gasteiger partial charge in [-0.1, -0.05) is 18.2 Å². The molecule has 0 fully saturated rings. The lowest BCUT2D eigenvalue weighted by atomic mass is 10.2. The van der Waals surface area contributed by atoms with Crippen LogP contribution in [0, 0.1) is 6.92 Å². The fourth-order valence-electron chi connectivity index (χ4n) is 1.73. The predicted octanol–water partition coefficient (Wildman–Crippen LogP) is 3.09. The van der Waals surface area contributed by atoms with E-state index in [0.29, 0.717) is 18.8 Å². The SMILES string of the molecule is C=C(C)CN(CC)C(=O)CSc1ccc(C)cc1N. The number of anilines is 1. The van der Waals surface area contributed by atoms with Gasteiger partial charge in [-0.05, 0) is 38.5 Å². The lowest BCUT2D eigenvalue weighted by Crippen LogP contribution is -2.33. The monoisotopic (exact) mass is 278 g/mol. The summed E-state index contributed by atoms with van der Waals surface area (Å²) >= 11 is 1.49. The molecule has 0 aliphatic carbocycles. The van der Waals surface area contributed by atoms with E-state index < -0.39 is 0 Å². The van der Waals surface area contributed by atoms with Gasteiger partial charge in [0.1, 0.15) is 0 Å². The second-order valence-electron chi connectivity index (χ2n) is 4.69. The van der Waals surface area contributed by atoms with E-state index in [1.54, 1.807) is 4.90 Å². The highest BCUT2D eigenvalue weighted by Crippen LogP contribution is 2.26. The Balaban J connectivity index is 2.60. The van der Waals surface area contributed by atoms with E-state index in [-0.39, 0.29) is 5.91 Å². The summed E-state index contributed by atoms with van der Waals surface area (Å²) < 4.78 is 0. The number of nitrogens with two attached hydrogens (primary N) is 1. The molecule has 0 saturated heterocycles. The van der Waals surface area contributed by atoms with Crippen molar-refractivity contribution < 1.29 is 4.79 Å². The summed E-state index contributed by atoms with van der Waals surface area (Å²) in [6.07, 6.45) is 0. The van der Waals surface area contributed by atoms with Crippen LogP contribution in [-0.4, -0.2) is 29.6 Å². The molecule has 0 radical (unpaired) electrons. The van der Waals surface area contributed by atoms with Crippen LogP contribution < -0.4 is 5.73 Å². The second kappa shape index (κ2) is 7.24. The number of carbonyl (C=O) groups excluding carboxylic acids is 1. The number of benzene rings is 1. The van der Waals surface area contributed by atoms with Gasteiger partial charge in [-0.3, -0.25) is 4.79 Å². The number of hydrogen-bond acceptors (Lipinski definition) is 3. The van der Waals surface area contributed by atoms with Gasteiger partial charge < -0.3 is 10.6 Å². The maximum atomic E-state index is 12.1. The van der Waals surface area contributed by atoms with E-state index in [2.05, 4.69) is 6.58 Å². The van der Waals surface area contributed by atoms with Gasteiger partial charge in [-0.15, -0.1) is 11.8 Å². The zero-order valence-corrected chi connectivity index (χ0v) is 12.7. The van der Waals surface area contributed by atoms with Crippen LogP contribution in [0.5, 0.6) is 0 Å². The Morgan fingerprint density at radius 2 is 2.16 bits per heavy atom. The molecule has 0 heterocycles. The van der Waals surface area contributed by atoms with Crippen LogP contribution in [0.25, 0.3) is 0 Å². The topological polar surface area (TPSA) is 46.3 Å². The standard InChI is InChI=1S/C15H22N2OS/c1-5-17(9-11(2)3)15(18)10-19-14-7-6-12(4)8-13(14)16/h6-8H,2,5,9-10,16H2,1,3-4H3. The van der Waals surface area contributed by atoms with E-state index in [9.17, 15) is 4.79 Å². The molecule has 0 atom stereocenters. The number of nitrogen functional groups attached to an aromatic ring is 1. The van der Waals surface area contributed by atoms with Gasteiger partial charge in [0, 0.05) is 23.7 Å². The average molecular weight is 278 g/mol. The van der Waals surface area contributed by atoms with Gasteiger partial charge in [-0.25, -0.2) is 0 Å². The first-order valence-electron chi connectivity index (χ1n) is 6.35. The van der Waals surface area contributed by atoms with Crippen LogP contribution in [0.4, 0.5) is 5.69 Å². The molecular formula is C15H22N2OS. The minimum absolute atomic E-state index is 0.121. The molecule has 0 saturated carbocycles. The first kappa shape index (κ1) is 15.6. The number of carbonyl (C=O) groups is 1.